The Kier molecular flexibility index (Phi) is 3.07. The summed E-state index contributed by atoms with van der Waals surface area (Å²) in [6.45, 7) is 0. The van der Waals surface area contributed by atoms with Gasteiger partial charge in [-0.05, 0) is 6.42 Å². The molecule has 17 heavy (non-hydrogen) atoms. The Bertz CT molecular complexity index is 313. The molecule has 2 bridgehead atoms. The second kappa shape index (κ2) is 3.75. The van der Waals surface area contributed by atoms with E-state index in [4.69, 9.17) is 0 Å². The monoisotopic (exact) mass is 389 g/mol. The van der Waals surface area contributed by atoms with E-state index in [2.05, 4.69) is 31.9 Å². The molecule has 0 aromatic rings. The highest BCUT2D eigenvalue weighted by atomic mass is 79.9. The van der Waals surface area contributed by atoms with E-state index in [9.17, 15) is 26.3 Å². The van der Waals surface area contributed by atoms with E-state index < -0.39 is 34.7 Å². The van der Waals surface area contributed by atoms with Crippen LogP contribution in [0.3, 0.4) is 0 Å². The van der Waals surface area contributed by atoms with Crippen molar-refractivity contribution < 1.29 is 26.3 Å². The van der Waals surface area contributed by atoms with Crippen LogP contribution >= 0.6 is 31.9 Å². The fourth-order valence-corrected chi connectivity index (χ4v) is 5.06. The first-order valence-corrected chi connectivity index (χ1v) is 6.55. The maximum Gasteiger partial charge on any atom is 0.415 e. The highest BCUT2D eigenvalue weighted by Crippen LogP contribution is 2.59. The molecule has 0 aromatic carbocycles. The third-order valence-corrected chi connectivity index (χ3v) is 5.59. The lowest BCUT2D eigenvalue weighted by molar-refractivity contribution is -0.318. The van der Waals surface area contributed by atoms with Crippen molar-refractivity contribution in [2.45, 2.75) is 40.0 Å². The van der Waals surface area contributed by atoms with E-state index in [0.717, 1.165) is 0 Å². The van der Waals surface area contributed by atoms with E-state index in [1.54, 1.807) is 5.32 Å². The van der Waals surface area contributed by atoms with Crippen LogP contribution in [0.1, 0.15) is 6.42 Å². The number of rotatable bonds is 0. The Balaban J connectivity index is 2.48. The van der Waals surface area contributed by atoms with Crippen LogP contribution in [0.25, 0.3) is 0 Å². The summed E-state index contributed by atoms with van der Waals surface area (Å²) in [4.78, 5) is -1.22. The fraction of sp³-hybridized carbons (Fsp3) is 1.00. The normalized spacial score (nSPS) is 40.9. The van der Waals surface area contributed by atoms with E-state index in [1.807, 2.05) is 0 Å². The standard InChI is InChI=1S/C8H7Br2F6N/c9-3-1-2-4(10)5(3)17-6(2,7(11,12)13)8(14,15)16/h2-5,17H,1H2/t2-,3+,4-,5+/m0/s1. The zero-order chi connectivity index (χ0) is 13.2. The first-order valence-electron chi connectivity index (χ1n) is 4.71. The van der Waals surface area contributed by atoms with E-state index in [-0.39, 0.29) is 11.2 Å². The van der Waals surface area contributed by atoms with E-state index in [0.29, 0.717) is 0 Å². The summed E-state index contributed by atoms with van der Waals surface area (Å²) >= 11 is 6.03. The molecule has 2 rings (SSSR count). The summed E-state index contributed by atoms with van der Waals surface area (Å²) in [6, 6.07) is -0.872. The zero-order valence-corrected chi connectivity index (χ0v) is 11.2. The predicted molar refractivity (Wildman–Crippen MR) is 55.3 cm³/mol. The first kappa shape index (κ1) is 13.9. The van der Waals surface area contributed by atoms with Gasteiger partial charge in [-0.3, -0.25) is 5.32 Å². The van der Waals surface area contributed by atoms with Crippen LogP contribution in [-0.2, 0) is 0 Å². The molecule has 1 saturated carbocycles. The summed E-state index contributed by atoms with van der Waals surface area (Å²) in [6.07, 6.45) is -10.9. The lowest BCUT2D eigenvalue weighted by Gasteiger charge is -2.41. The van der Waals surface area contributed by atoms with Crippen molar-refractivity contribution in [1.82, 2.24) is 5.32 Å². The van der Waals surface area contributed by atoms with Gasteiger partial charge < -0.3 is 0 Å². The molecule has 0 amide bonds. The SMILES string of the molecule is FC(F)(F)C1(C(F)(F)F)N[C@H]2[C@@H](Br)[C@@H]1C[C@H]2Br. The number of hydrogen-bond acceptors (Lipinski definition) is 1. The minimum Gasteiger partial charge on any atom is -0.291 e. The van der Waals surface area contributed by atoms with Crippen molar-refractivity contribution in [3.05, 3.63) is 0 Å². The topological polar surface area (TPSA) is 12.0 Å². The molecule has 0 aromatic heterocycles. The Morgan fingerprint density at radius 2 is 1.47 bits per heavy atom. The molecule has 1 N–H and O–H groups in total. The van der Waals surface area contributed by atoms with E-state index in [1.165, 1.54) is 0 Å². The molecular weight excluding hydrogens is 384 g/mol. The number of piperidine rings is 1. The molecule has 1 heterocycles. The minimum absolute atomic E-state index is 0.160. The predicted octanol–water partition coefficient (Wildman–Crippen LogP) is 3.37. The molecule has 9 heteroatoms. The average molecular weight is 391 g/mol. The molecule has 4 atom stereocenters. The van der Waals surface area contributed by atoms with Gasteiger partial charge in [0, 0.05) is 21.6 Å². The molecule has 2 fully saturated rings. The number of hydrogen-bond donors (Lipinski definition) is 1. The molecule has 0 unspecified atom stereocenters. The Morgan fingerprint density at radius 3 is 1.71 bits per heavy atom. The van der Waals surface area contributed by atoms with Gasteiger partial charge in [0.1, 0.15) is 0 Å². The van der Waals surface area contributed by atoms with Gasteiger partial charge in [-0.1, -0.05) is 31.9 Å². The lowest BCUT2D eigenvalue weighted by Crippen LogP contribution is -2.70. The smallest absolute Gasteiger partial charge is 0.291 e. The summed E-state index contributed by atoms with van der Waals surface area (Å²) in [5.41, 5.74) is -3.79. The van der Waals surface area contributed by atoms with Gasteiger partial charge in [0.25, 0.3) is 0 Å². The average Bonchev–Trinajstić information content (AvgIpc) is 2.53. The van der Waals surface area contributed by atoms with Gasteiger partial charge in [-0.25, -0.2) is 0 Å². The summed E-state index contributed by atoms with van der Waals surface area (Å²) in [7, 11) is 0. The van der Waals surface area contributed by atoms with Crippen LogP contribution in [0.2, 0.25) is 0 Å². The van der Waals surface area contributed by atoms with Crippen molar-refractivity contribution in [3.63, 3.8) is 0 Å². The van der Waals surface area contributed by atoms with Gasteiger partial charge in [-0.2, -0.15) is 26.3 Å². The van der Waals surface area contributed by atoms with Gasteiger partial charge in [-0.15, -0.1) is 0 Å². The van der Waals surface area contributed by atoms with Crippen LogP contribution < -0.4 is 5.32 Å². The van der Waals surface area contributed by atoms with Crippen LogP contribution in [0.4, 0.5) is 26.3 Å². The number of halogens is 8. The number of fused-ring (bicyclic) bond motifs is 2. The molecule has 1 aliphatic heterocycles. The first-order chi connectivity index (χ1) is 7.52. The molecule has 0 spiro atoms. The minimum atomic E-state index is -5.36. The third-order valence-electron chi connectivity index (χ3n) is 3.44. The van der Waals surface area contributed by atoms with Crippen LogP contribution in [0, 0.1) is 5.92 Å². The number of nitrogens with one attached hydrogen (secondary N) is 1. The van der Waals surface area contributed by atoms with Gasteiger partial charge in [0.2, 0.25) is 5.54 Å². The van der Waals surface area contributed by atoms with Crippen molar-refractivity contribution in [2.75, 3.05) is 0 Å². The zero-order valence-electron chi connectivity index (χ0n) is 8.04. The van der Waals surface area contributed by atoms with Crippen LogP contribution in [0.15, 0.2) is 0 Å². The van der Waals surface area contributed by atoms with Crippen molar-refractivity contribution in [1.29, 1.82) is 0 Å². The molecule has 0 radical (unpaired) electrons. The third kappa shape index (κ3) is 1.68. The Morgan fingerprint density at radius 1 is 1.00 bits per heavy atom. The van der Waals surface area contributed by atoms with Gasteiger partial charge >= 0.3 is 12.4 Å². The summed E-state index contributed by atoms with van der Waals surface area (Å²) < 4.78 is 77.1. The summed E-state index contributed by atoms with van der Waals surface area (Å²) in [5, 5.41) is 1.74. The maximum atomic E-state index is 12.9. The largest absolute Gasteiger partial charge is 0.415 e. The quantitative estimate of drug-likeness (QED) is 0.494. The second-order valence-corrected chi connectivity index (χ2v) is 6.51. The van der Waals surface area contributed by atoms with Gasteiger partial charge in [0.05, 0.1) is 0 Å². The lowest BCUT2D eigenvalue weighted by atomic mass is 9.82. The summed E-state index contributed by atoms with van der Waals surface area (Å²) in [5.74, 6) is -1.54. The van der Waals surface area contributed by atoms with Crippen LogP contribution in [0.5, 0.6) is 0 Å². The molecular formula is C8H7Br2F6N. The van der Waals surface area contributed by atoms with Crippen molar-refractivity contribution >= 4 is 31.9 Å². The molecule has 1 aliphatic carbocycles. The fourth-order valence-electron chi connectivity index (χ4n) is 2.67. The van der Waals surface area contributed by atoms with Gasteiger partial charge in [0.15, 0.2) is 0 Å². The second-order valence-electron chi connectivity index (χ2n) is 4.28. The van der Waals surface area contributed by atoms with Crippen molar-refractivity contribution in [3.8, 4) is 0 Å². The Labute approximate surface area is 110 Å². The van der Waals surface area contributed by atoms with Crippen molar-refractivity contribution in [2.24, 2.45) is 5.92 Å². The Hall–Kier alpha value is 0.500. The molecule has 1 saturated heterocycles. The molecule has 1 nitrogen and oxygen atoms in total. The number of alkyl halides is 8. The van der Waals surface area contributed by atoms with E-state index >= 15 is 0 Å². The highest BCUT2D eigenvalue weighted by Gasteiger charge is 2.81. The maximum absolute atomic E-state index is 12.9. The highest BCUT2D eigenvalue weighted by molar-refractivity contribution is 9.10. The molecule has 100 valence electrons. The molecule has 2 aliphatic rings. The van der Waals surface area contributed by atoms with Crippen LogP contribution in [-0.4, -0.2) is 33.6 Å².